The second kappa shape index (κ2) is 22.2. The number of rotatable bonds is 14. The van der Waals surface area contributed by atoms with Crippen molar-refractivity contribution < 1.29 is 44.3 Å². The summed E-state index contributed by atoms with van der Waals surface area (Å²) in [6, 6.07) is 31.7. The third kappa shape index (κ3) is 17.4. The second-order valence-corrected chi connectivity index (χ2v) is 10.6. The SMILES string of the molecule is C=C(Cc1ccccc1)CN1CCN(CCOC(c2ccccc2)c2ccccc2)CC1.O=C(O)/C=C\C(=O)O.O=C(O)/C=C\C(=O)O. The molecule has 1 aliphatic rings. The Labute approximate surface area is 280 Å². The molecule has 0 spiro atoms. The number of hydrogen-bond donors (Lipinski definition) is 4. The maximum absolute atomic E-state index is 9.55. The number of benzene rings is 3. The first-order valence-electron chi connectivity index (χ1n) is 15.2. The van der Waals surface area contributed by atoms with Gasteiger partial charge in [-0.2, -0.15) is 0 Å². The van der Waals surface area contributed by atoms with Gasteiger partial charge in [-0.25, -0.2) is 19.2 Å². The van der Waals surface area contributed by atoms with Crippen molar-refractivity contribution in [1.29, 1.82) is 0 Å². The number of aliphatic carboxylic acids is 4. The molecule has 0 aromatic heterocycles. The fraction of sp³-hybridized carbons (Fsp3) is 0.243. The van der Waals surface area contributed by atoms with Crippen molar-refractivity contribution in [1.82, 2.24) is 9.80 Å². The predicted molar refractivity (Wildman–Crippen MR) is 182 cm³/mol. The number of carboxylic acids is 4. The highest BCUT2D eigenvalue weighted by atomic mass is 16.5. The van der Waals surface area contributed by atoms with Crippen LogP contribution in [0, 0.1) is 0 Å². The number of piperazine rings is 1. The van der Waals surface area contributed by atoms with E-state index in [1.54, 1.807) is 0 Å². The van der Waals surface area contributed by atoms with Gasteiger partial charge in [-0.3, -0.25) is 9.80 Å². The predicted octanol–water partition coefficient (Wildman–Crippen LogP) is 4.63. The Morgan fingerprint density at radius 2 is 1.00 bits per heavy atom. The van der Waals surface area contributed by atoms with Crippen molar-refractivity contribution in [2.75, 3.05) is 45.9 Å². The van der Waals surface area contributed by atoms with Crippen molar-refractivity contribution in [2.45, 2.75) is 12.5 Å². The van der Waals surface area contributed by atoms with Crippen LogP contribution in [0.1, 0.15) is 22.8 Å². The molecule has 0 aliphatic carbocycles. The van der Waals surface area contributed by atoms with Crippen LogP contribution >= 0.6 is 0 Å². The van der Waals surface area contributed by atoms with Crippen LogP contribution < -0.4 is 0 Å². The van der Waals surface area contributed by atoms with Crippen LogP contribution in [0.15, 0.2) is 127 Å². The molecule has 4 rings (SSSR count). The van der Waals surface area contributed by atoms with E-state index >= 15 is 0 Å². The maximum atomic E-state index is 9.55. The Balaban J connectivity index is 0.000000414. The highest BCUT2D eigenvalue weighted by Crippen LogP contribution is 2.25. The third-order valence-corrected chi connectivity index (χ3v) is 6.84. The van der Waals surface area contributed by atoms with Gasteiger partial charge in [-0.1, -0.05) is 103 Å². The molecule has 48 heavy (non-hydrogen) atoms. The Morgan fingerprint density at radius 3 is 1.40 bits per heavy atom. The first-order chi connectivity index (χ1) is 23.0. The van der Waals surface area contributed by atoms with Gasteiger partial charge in [-0.15, -0.1) is 0 Å². The van der Waals surface area contributed by atoms with Crippen LogP contribution in [0.4, 0.5) is 0 Å². The minimum atomic E-state index is -1.26. The number of carboxylic acid groups (broad SMARTS) is 4. The Morgan fingerprint density at radius 1 is 0.625 bits per heavy atom. The van der Waals surface area contributed by atoms with Gasteiger partial charge >= 0.3 is 23.9 Å². The largest absolute Gasteiger partial charge is 0.478 e. The number of carbonyl (C=O) groups is 4. The highest BCUT2D eigenvalue weighted by molar-refractivity contribution is 5.90. The highest BCUT2D eigenvalue weighted by Gasteiger charge is 2.19. The summed E-state index contributed by atoms with van der Waals surface area (Å²) in [4.78, 5) is 43.3. The molecule has 1 heterocycles. The third-order valence-electron chi connectivity index (χ3n) is 6.84. The minimum absolute atomic E-state index is 0.0139. The fourth-order valence-electron chi connectivity index (χ4n) is 4.65. The van der Waals surface area contributed by atoms with E-state index in [0.29, 0.717) is 24.3 Å². The molecule has 0 amide bonds. The normalized spacial score (nSPS) is 13.3. The van der Waals surface area contributed by atoms with E-state index < -0.39 is 23.9 Å². The monoisotopic (exact) mass is 658 g/mol. The van der Waals surface area contributed by atoms with Gasteiger partial charge in [0.1, 0.15) is 6.10 Å². The van der Waals surface area contributed by atoms with Crippen LogP contribution in [-0.2, 0) is 30.3 Å². The van der Waals surface area contributed by atoms with Crippen LogP contribution in [0.3, 0.4) is 0 Å². The molecule has 0 bridgehead atoms. The van der Waals surface area contributed by atoms with Gasteiger partial charge in [0.25, 0.3) is 0 Å². The molecule has 1 fully saturated rings. The zero-order valence-electron chi connectivity index (χ0n) is 26.6. The lowest BCUT2D eigenvalue weighted by molar-refractivity contribution is -0.134. The molecule has 3 aromatic carbocycles. The summed E-state index contributed by atoms with van der Waals surface area (Å²) in [5, 5.41) is 31.2. The Bertz CT molecular complexity index is 1380. The van der Waals surface area contributed by atoms with E-state index in [9.17, 15) is 19.2 Å². The summed E-state index contributed by atoms with van der Waals surface area (Å²) < 4.78 is 6.41. The topological polar surface area (TPSA) is 165 Å². The lowest BCUT2D eigenvalue weighted by Gasteiger charge is -2.35. The van der Waals surface area contributed by atoms with Crippen molar-refractivity contribution in [3.05, 3.63) is 144 Å². The van der Waals surface area contributed by atoms with Crippen LogP contribution in [-0.4, -0.2) is 100.0 Å². The van der Waals surface area contributed by atoms with Crippen molar-refractivity contribution in [2.24, 2.45) is 0 Å². The summed E-state index contributed by atoms with van der Waals surface area (Å²) >= 11 is 0. The average molecular weight is 659 g/mol. The number of ether oxygens (including phenoxy) is 1. The molecule has 0 saturated carbocycles. The van der Waals surface area contributed by atoms with E-state index in [2.05, 4.69) is 107 Å². The summed E-state index contributed by atoms with van der Waals surface area (Å²) in [7, 11) is 0. The standard InChI is InChI=1S/C29H34N2O.2C4H4O4/c1-25(23-26-11-5-2-6-12-26)24-31-19-17-30(18-20-31)21-22-32-29(27-13-7-3-8-14-27)28-15-9-4-10-16-28;2*5-3(6)1-2-4(7)8/h2-16,29H,1,17-24H2;2*1-2H,(H,5,6)(H,7,8)/b;2*2-1-. The summed E-state index contributed by atoms with van der Waals surface area (Å²) in [5.41, 5.74) is 5.06. The van der Waals surface area contributed by atoms with Gasteiger partial charge in [0, 0.05) is 63.6 Å². The maximum Gasteiger partial charge on any atom is 0.328 e. The van der Waals surface area contributed by atoms with Crippen molar-refractivity contribution in [3.8, 4) is 0 Å². The first-order valence-corrected chi connectivity index (χ1v) is 15.2. The summed E-state index contributed by atoms with van der Waals surface area (Å²) in [6.07, 6.45) is 3.19. The molecule has 0 atom stereocenters. The number of nitrogens with zero attached hydrogens (tertiary/aromatic N) is 2. The lowest BCUT2D eigenvalue weighted by atomic mass is 10.0. The molecular weight excluding hydrogens is 616 g/mol. The minimum Gasteiger partial charge on any atom is -0.478 e. The smallest absolute Gasteiger partial charge is 0.328 e. The van der Waals surface area contributed by atoms with Crippen LogP contribution in [0.25, 0.3) is 0 Å². The summed E-state index contributed by atoms with van der Waals surface area (Å²) in [5.74, 6) is -5.03. The van der Waals surface area contributed by atoms with Gasteiger partial charge < -0.3 is 25.2 Å². The zero-order chi connectivity index (χ0) is 35.1. The van der Waals surface area contributed by atoms with Gasteiger partial charge in [0.15, 0.2) is 0 Å². The molecule has 3 aromatic rings. The van der Waals surface area contributed by atoms with Crippen LogP contribution in [0.2, 0.25) is 0 Å². The van der Waals surface area contributed by atoms with Crippen molar-refractivity contribution >= 4 is 23.9 Å². The molecule has 1 saturated heterocycles. The Hall–Kier alpha value is -5.36. The van der Waals surface area contributed by atoms with E-state index in [1.165, 1.54) is 22.3 Å². The lowest BCUT2D eigenvalue weighted by Crippen LogP contribution is -2.47. The second-order valence-electron chi connectivity index (χ2n) is 10.6. The fourth-order valence-corrected chi connectivity index (χ4v) is 4.65. The zero-order valence-corrected chi connectivity index (χ0v) is 26.6. The van der Waals surface area contributed by atoms with E-state index in [1.807, 2.05) is 0 Å². The quantitative estimate of drug-likeness (QED) is 0.141. The van der Waals surface area contributed by atoms with Gasteiger partial charge in [0.05, 0.1) is 6.61 Å². The molecule has 11 nitrogen and oxygen atoms in total. The molecular formula is C37H42N2O9. The molecule has 0 radical (unpaired) electrons. The van der Waals surface area contributed by atoms with Crippen LogP contribution in [0.5, 0.6) is 0 Å². The molecule has 1 aliphatic heterocycles. The van der Waals surface area contributed by atoms with Gasteiger partial charge in [0.2, 0.25) is 0 Å². The number of hydrogen-bond acceptors (Lipinski definition) is 7. The van der Waals surface area contributed by atoms with E-state index in [4.69, 9.17) is 25.2 Å². The van der Waals surface area contributed by atoms with Crippen molar-refractivity contribution in [3.63, 3.8) is 0 Å². The van der Waals surface area contributed by atoms with E-state index in [-0.39, 0.29) is 6.10 Å². The Kier molecular flexibility index (Phi) is 18.0. The van der Waals surface area contributed by atoms with E-state index in [0.717, 1.165) is 52.3 Å². The van der Waals surface area contributed by atoms with Gasteiger partial charge in [-0.05, 0) is 23.1 Å². The average Bonchev–Trinajstić information content (AvgIpc) is 3.07. The molecule has 254 valence electrons. The summed E-state index contributed by atoms with van der Waals surface area (Å²) in [6.45, 7) is 11.4. The molecule has 11 heteroatoms. The molecule has 4 N–H and O–H groups in total. The molecule has 0 unspecified atom stereocenters. The first kappa shape index (κ1) is 38.8.